The Labute approximate surface area is 134 Å². The van der Waals surface area contributed by atoms with E-state index >= 15 is 0 Å². The molecule has 0 aliphatic heterocycles. The van der Waals surface area contributed by atoms with Crippen LogP contribution in [0.25, 0.3) is 0 Å². The van der Waals surface area contributed by atoms with Crippen LogP contribution in [0.5, 0.6) is 0 Å². The summed E-state index contributed by atoms with van der Waals surface area (Å²) in [4.78, 5) is 2.74. The van der Waals surface area contributed by atoms with Crippen LogP contribution in [-0.4, -0.2) is 10.9 Å². The van der Waals surface area contributed by atoms with Crippen LogP contribution in [0.4, 0.5) is 0 Å². The second-order valence-corrected chi connectivity index (χ2v) is 6.98. The van der Waals surface area contributed by atoms with E-state index in [9.17, 15) is 0 Å². The van der Waals surface area contributed by atoms with Gasteiger partial charge in [-0.15, -0.1) is 0 Å². The van der Waals surface area contributed by atoms with Gasteiger partial charge in [-0.25, -0.2) is 0 Å². The molecule has 114 valence electrons. The molecule has 2 atom stereocenters. The SMILES string of the molecule is c1ccc(CN(Cc2ccccc2)C2[C@H]3CCCC[C@H]23)cc1. The first kappa shape index (κ1) is 14.0. The Kier molecular flexibility index (Phi) is 3.99. The molecule has 0 amide bonds. The molecule has 0 heterocycles. The standard InChI is InChI=1S/C21H25N/c1-3-9-17(10-4-1)15-22(16-18-11-5-2-6-12-18)21-19-13-7-8-14-20(19)21/h1-6,9-12,19-21H,7-8,13-16H2/t19-,20-/m0/s1. The van der Waals surface area contributed by atoms with E-state index in [2.05, 4.69) is 65.6 Å². The summed E-state index contributed by atoms with van der Waals surface area (Å²) in [6.45, 7) is 2.18. The van der Waals surface area contributed by atoms with Crippen LogP contribution in [0.15, 0.2) is 60.7 Å². The third kappa shape index (κ3) is 2.96. The van der Waals surface area contributed by atoms with Crippen molar-refractivity contribution in [2.24, 2.45) is 11.8 Å². The number of benzene rings is 2. The molecule has 2 aliphatic rings. The summed E-state index contributed by atoms with van der Waals surface area (Å²) >= 11 is 0. The topological polar surface area (TPSA) is 3.24 Å². The number of hydrogen-bond acceptors (Lipinski definition) is 1. The minimum Gasteiger partial charge on any atom is -0.291 e. The molecule has 0 saturated heterocycles. The fourth-order valence-corrected chi connectivity index (χ4v) is 4.40. The van der Waals surface area contributed by atoms with Crippen LogP contribution in [0.3, 0.4) is 0 Å². The van der Waals surface area contributed by atoms with Gasteiger partial charge in [-0.3, -0.25) is 4.90 Å². The molecule has 2 fully saturated rings. The van der Waals surface area contributed by atoms with Gasteiger partial charge in [-0.2, -0.15) is 0 Å². The summed E-state index contributed by atoms with van der Waals surface area (Å²) in [5, 5.41) is 0. The van der Waals surface area contributed by atoms with Crippen LogP contribution in [0.2, 0.25) is 0 Å². The van der Waals surface area contributed by atoms with Crippen LogP contribution in [0.1, 0.15) is 36.8 Å². The van der Waals surface area contributed by atoms with Gasteiger partial charge >= 0.3 is 0 Å². The van der Waals surface area contributed by atoms with Crippen LogP contribution in [0, 0.1) is 11.8 Å². The fourth-order valence-electron chi connectivity index (χ4n) is 4.40. The monoisotopic (exact) mass is 291 g/mol. The summed E-state index contributed by atoms with van der Waals surface area (Å²) in [6.07, 6.45) is 5.80. The molecule has 22 heavy (non-hydrogen) atoms. The van der Waals surface area contributed by atoms with E-state index < -0.39 is 0 Å². The van der Waals surface area contributed by atoms with Gasteiger partial charge < -0.3 is 0 Å². The zero-order valence-corrected chi connectivity index (χ0v) is 13.2. The Morgan fingerprint density at radius 2 is 1.14 bits per heavy atom. The Morgan fingerprint density at radius 1 is 0.682 bits per heavy atom. The highest BCUT2D eigenvalue weighted by Gasteiger charge is 2.53. The first-order chi connectivity index (χ1) is 10.9. The molecule has 0 bridgehead atoms. The lowest BCUT2D eigenvalue weighted by molar-refractivity contribution is 0.226. The third-order valence-electron chi connectivity index (χ3n) is 5.49. The summed E-state index contributed by atoms with van der Waals surface area (Å²) in [6, 6.07) is 22.8. The second-order valence-electron chi connectivity index (χ2n) is 6.98. The van der Waals surface area contributed by atoms with Gasteiger partial charge in [0.2, 0.25) is 0 Å². The summed E-state index contributed by atoms with van der Waals surface area (Å²) in [5.74, 6) is 1.95. The molecule has 4 rings (SSSR count). The lowest BCUT2D eigenvalue weighted by Gasteiger charge is -2.23. The van der Waals surface area contributed by atoms with Crippen molar-refractivity contribution >= 4 is 0 Å². The number of nitrogens with zero attached hydrogens (tertiary/aromatic N) is 1. The van der Waals surface area contributed by atoms with Crippen LogP contribution < -0.4 is 0 Å². The zero-order valence-electron chi connectivity index (χ0n) is 13.2. The summed E-state index contributed by atoms with van der Waals surface area (Å²) in [5.41, 5.74) is 2.89. The lowest BCUT2D eigenvalue weighted by atomic mass is 10.0. The number of hydrogen-bond donors (Lipinski definition) is 0. The maximum absolute atomic E-state index is 2.74. The van der Waals surface area contributed by atoms with Crippen LogP contribution >= 0.6 is 0 Å². The molecule has 0 spiro atoms. The largest absolute Gasteiger partial charge is 0.291 e. The molecule has 0 aromatic heterocycles. The molecule has 1 nitrogen and oxygen atoms in total. The first-order valence-corrected chi connectivity index (χ1v) is 8.74. The van der Waals surface area contributed by atoms with Gasteiger partial charge in [0.05, 0.1) is 0 Å². The Bertz CT molecular complexity index is 538. The van der Waals surface area contributed by atoms with Gasteiger partial charge in [0, 0.05) is 19.1 Å². The van der Waals surface area contributed by atoms with E-state index in [1.807, 2.05) is 0 Å². The van der Waals surface area contributed by atoms with E-state index in [-0.39, 0.29) is 0 Å². The molecular formula is C21H25N. The zero-order chi connectivity index (χ0) is 14.8. The highest BCUT2D eigenvalue weighted by Crippen LogP contribution is 2.53. The van der Waals surface area contributed by atoms with E-state index in [0.717, 1.165) is 31.0 Å². The molecule has 2 aromatic carbocycles. The molecule has 2 saturated carbocycles. The van der Waals surface area contributed by atoms with Crippen molar-refractivity contribution in [3.63, 3.8) is 0 Å². The van der Waals surface area contributed by atoms with Gasteiger partial charge in [-0.1, -0.05) is 73.5 Å². The van der Waals surface area contributed by atoms with Crippen molar-refractivity contribution in [3.05, 3.63) is 71.8 Å². The molecule has 2 aliphatic carbocycles. The second kappa shape index (κ2) is 6.26. The van der Waals surface area contributed by atoms with Gasteiger partial charge in [0.25, 0.3) is 0 Å². The molecule has 0 N–H and O–H groups in total. The fraction of sp³-hybridized carbons (Fsp3) is 0.429. The molecule has 1 heteroatoms. The smallest absolute Gasteiger partial charge is 0.0240 e. The first-order valence-electron chi connectivity index (χ1n) is 8.74. The molecular weight excluding hydrogens is 266 g/mol. The lowest BCUT2D eigenvalue weighted by Crippen LogP contribution is -2.27. The van der Waals surface area contributed by atoms with E-state index in [1.165, 1.54) is 36.8 Å². The molecule has 0 unspecified atom stereocenters. The van der Waals surface area contributed by atoms with Crippen molar-refractivity contribution < 1.29 is 0 Å². The van der Waals surface area contributed by atoms with Gasteiger partial charge in [-0.05, 0) is 35.8 Å². The maximum atomic E-state index is 2.74. The van der Waals surface area contributed by atoms with Crippen LogP contribution in [-0.2, 0) is 13.1 Å². The van der Waals surface area contributed by atoms with E-state index in [4.69, 9.17) is 0 Å². The predicted molar refractivity (Wildman–Crippen MR) is 91.4 cm³/mol. The normalized spacial score (nSPS) is 26.7. The molecule has 0 radical (unpaired) electrons. The highest BCUT2D eigenvalue weighted by atomic mass is 15.2. The van der Waals surface area contributed by atoms with Gasteiger partial charge in [0.1, 0.15) is 0 Å². The molecule has 2 aromatic rings. The van der Waals surface area contributed by atoms with Crippen molar-refractivity contribution in [1.29, 1.82) is 0 Å². The average molecular weight is 291 g/mol. The predicted octanol–water partition coefficient (Wildman–Crippen LogP) is 4.88. The number of rotatable bonds is 5. The van der Waals surface area contributed by atoms with Gasteiger partial charge in [0.15, 0.2) is 0 Å². The third-order valence-corrected chi connectivity index (χ3v) is 5.49. The Balaban J connectivity index is 1.52. The minimum absolute atomic E-state index is 0.822. The van der Waals surface area contributed by atoms with E-state index in [0.29, 0.717) is 0 Å². The number of fused-ring (bicyclic) bond motifs is 1. The van der Waals surface area contributed by atoms with Crippen molar-refractivity contribution in [3.8, 4) is 0 Å². The van der Waals surface area contributed by atoms with Crippen molar-refractivity contribution in [2.75, 3.05) is 0 Å². The Hall–Kier alpha value is -1.60. The quantitative estimate of drug-likeness (QED) is 0.759. The summed E-state index contributed by atoms with van der Waals surface area (Å²) < 4.78 is 0. The average Bonchev–Trinajstić information content (AvgIpc) is 3.30. The van der Waals surface area contributed by atoms with Crippen molar-refractivity contribution in [1.82, 2.24) is 4.90 Å². The summed E-state index contributed by atoms with van der Waals surface area (Å²) in [7, 11) is 0. The highest BCUT2D eigenvalue weighted by molar-refractivity contribution is 5.19. The Morgan fingerprint density at radius 3 is 1.59 bits per heavy atom. The van der Waals surface area contributed by atoms with Crippen molar-refractivity contribution in [2.45, 2.75) is 44.8 Å². The van der Waals surface area contributed by atoms with E-state index in [1.54, 1.807) is 0 Å². The minimum atomic E-state index is 0.822. The maximum Gasteiger partial charge on any atom is 0.0240 e.